The van der Waals surface area contributed by atoms with E-state index in [0.29, 0.717) is 42.6 Å². The molecular formula is C19H20BrNO4. The van der Waals surface area contributed by atoms with Gasteiger partial charge in [0.1, 0.15) is 24.7 Å². The van der Waals surface area contributed by atoms with Gasteiger partial charge in [-0.05, 0) is 30.3 Å². The first-order valence-electron chi connectivity index (χ1n) is 7.71. The lowest BCUT2D eigenvalue weighted by Crippen LogP contribution is -2.15. The minimum atomic E-state index is -0.289. The van der Waals surface area contributed by atoms with Crippen molar-refractivity contribution in [3.8, 4) is 11.5 Å². The van der Waals surface area contributed by atoms with Gasteiger partial charge in [0.2, 0.25) is 0 Å². The SMILES string of the molecule is C=CCOc1ccccc1NC(=O)c1cc(Br)ccc1OCCOC. The summed E-state index contributed by atoms with van der Waals surface area (Å²) in [6.07, 6.45) is 1.65. The summed E-state index contributed by atoms with van der Waals surface area (Å²) < 4.78 is 17.0. The molecule has 132 valence electrons. The number of carbonyl (C=O) groups is 1. The van der Waals surface area contributed by atoms with Crippen LogP contribution in [0.3, 0.4) is 0 Å². The summed E-state index contributed by atoms with van der Waals surface area (Å²) in [4.78, 5) is 12.7. The average Bonchev–Trinajstić information content (AvgIpc) is 2.62. The first-order valence-corrected chi connectivity index (χ1v) is 8.50. The van der Waals surface area contributed by atoms with E-state index in [1.807, 2.05) is 18.2 Å². The molecule has 0 aliphatic rings. The summed E-state index contributed by atoms with van der Waals surface area (Å²) in [5.41, 5.74) is 1.00. The van der Waals surface area contributed by atoms with Crippen molar-refractivity contribution in [1.29, 1.82) is 0 Å². The highest BCUT2D eigenvalue weighted by molar-refractivity contribution is 9.10. The summed E-state index contributed by atoms with van der Waals surface area (Å²) >= 11 is 3.38. The average molecular weight is 406 g/mol. The molecule has 2 aromatic rings. The Kier molecular flexibility index (Phi) is 7.50. The molecule has 6 heteroatoms. The van der Waals surface area contributed by atoms with Crippen molar-refractivity contribution in [3.63, 3.8) is 0 Å². The van der Waals surface area contributed by atoms with Crippen molar-refractivity contribution in [2.24, 2.45) is 0 Å². The first kappa shape index (κ1) is 19.0. The molecule has 0 spiro atoms. The third-order valence-electron chi connectivity index (χ3n) is 3.22. The van der Waals surface area contributed by atoms with E-state index in [9.17, 15) is 4.79 Å². The number of carbonyl (C=O) groups excluding carboxylic acids is 1. The molecule has 2 rings (SSSR count). The lowest BCUT2D eigenvalue weighted by molar-refractivity contribution is 0.101. The monoisotopic (exact) mass is 405 g/mol. The van der Waals surface area contributed by atoms with Crippen LogP contribution in [0, 0.1) is 0 Å². The molecule has 1 N–H and O–H groups in total. The number of hydrogen-bond acceptors (Lipinski definition) is 4. The van der Waals surface area contributed by atoms with Crippen LogP contribution >= 0.6 is 15.9 Å². The lowest BCUT2D eigenvalue weighted by atomic mass is 10.1. The fourth-order valence-electron chi connectivity index (χ4n) is 2.07. The maximum absolute atomic E-state index is 12.7. The number of methoxy groups -OCH3 is 1. The smallest absolute Gasteiger partial charge is 0.259 e. The Hall–Kier alpha value is -2.31. The second-order valence-corrected chi connectivity index (χ2v) is 5.95. The maximum Gasteiger partial charge on any atom is 0.259 e. The first-order chi connectivity index (χ1) is 12.2. The summed E-state index contributed by atoms with van der Waals surface area (Å²) in [6, 6.07) is 12.5. The van der Waals surface area contributed by atoms with E-state index >= 15 is 0 Å². The van der Waals surface area contributed by atoms with Gasteiger partial charge in [0.25, 0.3) is 5.91 Å². The van der Waals surface area contributed by atoms with Crippen LogP contribution in [-0.4, -0.2) is 32.8 Å². The fraction of sp³-hybridized carbons (Fsp3) is 0.211. The van der Waals surface area contributed by atoms with Gasteiger partial charge in [0.05, 0.1) is 17.9 Å². The number of benzene rings is 2. The summed E-state index contributed by atoms with van der Waals surface area (Å²) in [5, 5.41) is 2.86. The van der Waals surface area contributed by atoms with Gasteiger partial charge in [-0.25, -0.2) is 0 Å². The van der Waals surface area contributed by atoms with E-state index in [2.05, 4.69) is 27.8 Å². The quantitative estimate of drug-likeness (QED) is 0.499. The van der Waals surface area contributed by atoms with Gasteiger partial charge < -0.3 is 19.5 Å². The second-order valence-electron chi connectivity index (χ2n) is 5.03. The minimum absolute atomic E-state index is 0.289. The van der Waals surface area contributed by atoms with Crippen LogP contribution in [0.5, 0.6) is 11.5 Å². The highest BCUT2D eigenvalue weighted by atomic mass is 79.9. The van der Waals surface area contributed by atoms with Gasteiger partial charge >= 0.3 is 0 Å². The van der Waals surface area contributed by atoms with Crippen LogP contribution in [0.25, 0.3) is 0 Å². The molecule has 0 saturated heterocycles. The number of para-hydroxylation sites is 2. The van der Waals surface area contributed by atoms with E-state index in [0.717, 1.165) is 4.47 Å². The zero-order valence-corrected chi connectivity index (χ0v) is 15.5. The predicted octanol–water partition coefficient (Wildman–Crippen LogP) is 4.29. The number of rotatable bonds is 9. The molecule has 0 saturated carbocycles. The minimum Gasteiger partial charge on any atom is -0.490 e. The predicted molar refractivity (Wildman–Crippen MR) is 102 cm³/mol. The number of nitrogens with one attached hydrogen (secondary N) is 1. The molecule has 0 aliphatic carbocycles. The molecule has 0 bridgehead atoms. The van der Waals surface area contributed by atoms with E-state index < -0.39 is 0 Å². The highest BCUT2D eigenvalue weighted by Crippen LogP contribution is 2.28. The largest absolute Gasteiger partial charge is 0.490 e. The van der Waals surface area contributed by atoms with Gasteiger partial charge in [0, 0.05) is 11.6 Å². The lowest BCUT2D eigenvalue weighted by Gasteiger charge is -2.14. The van der Waals surface area contributed by atoms with Gasteiger partial charge in [-0.3, -0.25) is 4.79 Å². The van der Waals surface area contributed by atoms with Crippen LogP contribution in [0.1, 0.15) is 10.4 Å². The molecule has 0 unspecified atom stereocenters. The van der Waals surface area contributed by atoms with Crippen molar-refractivity contribution in [3.05, 3.63) is 65.2 Å². The van der Waals surface area contributed by atoms with Crippen LogP contribution < -0.4 is 14.8 Å². The van der Waals surface area contributed by atoms with Crippen molar-refractivity contribution >= 4 is 27.5 Å². The highest BCUT2D eigenvalue weighted by Gasteiger charge is 2.15. The topological polar surface area (TPSA) is 56.8 Å². The Bertz CT molecular complexity index is 733. The summed E-state index contributed by atoms with van der Waals surface area (Å²) in [5.74, 6) is 0.776. The molecule has 0 radical (unpaired) electrons. The second kappa shape index (κ2) is 9.86. The Labute approximate surface area is 155 Å². The van der Waals surface area contributed by atoms with E-state index in [1.54, 1.807) is 37.5 Å². The molecule has 0 fully saturated rings. The molecule has 25 heavy (non-hydrogen) atoms. The van der Waals surface area contributed by atoms with Gasteiger partial charge in [-0.2, -0.15) is 0 Å². The molecule has 0 atom stereocenters. The standard InChI is InChI=1S/C19H20BrNO4/c1-3-10-24-18-7-5-4-6-16(18)21-19(22)15-13-14(20)8-9-17(15)25-12-11-23-2/h3-9,13H,1,10-12H2,2H3,(H,21,22). The molecule has 5 nitrogen and oxygen atoms in total. The number of hydrogen-bond donors (Lipinski definition) is 1. The van der Waals surface area contributed by atoms with Crippen LogP contribution in [0.2, 0.25) is 0 Å². The third-order valence-corrected chi connectivity index (χ3v) is 3.72. The van der Waals surface area contributed by atoms with Crippen molar-refractivity contribution in [2.75, 3.05) is 32.2 Å². The molecule has 0 aliphatic heterocycles. The van der Waals surface area contributed by atoms with E-state index in [1.165, 1.54) is 0 Å². The Morgan fingerprint density at radius 1 is 1.16 bits per heavy atom. The van der Waals surface area contributed by atoms with Crippen LogP contribution in [0.4, 0.5) is 5.69 Å². The summed E-state index contributed by atoms with van der Waals surface area (Å²) in [7, 11) is 1.60. The molecule has 0 heterocycles. The van der Waals surface area contributed by atoms with E-state index in [-0.39, 0.29) is 5.91 Å². The van der Waals surface area contributed by atoms with Gasteiger partial charge in [-0.15, -0.1) is 0 Å². The third kappa shape index (κ3) is 5.62. The number of halogens is 1. The Morgan fingerprint density at radius 2 is 1.96 bits per heavy atom. The molecule has 2 aromatic carbocycles. The molecule has 0 aromatic heterocycles. The normalized spacial score (nSPS) is 10.2. The Balaban J connectivity index is 2.20. The maximum atomic E-state index is 12.7. The number of anilines is 1. The number of ether oxygens (including phenoxy) is 3. The van der Waals surface area contributed by atoms with Crippen molar-refractivity contribution in [1.82, 2.24) is 0 Å². The molecular weight excluding hydrogens is 386 g/mol. The fourth-order valence-corrected chi connectivity index (χ4v) is 2.44. The number of amides is 1. The summed E-state index contributed by atoms with van der Waals surface area (Å²) in [6.45, 7) is 4.78. The zero-order valence-electron chi connectivity index (χ0n) is 14.0. The van der Waals surface area contributed by atoms with Gasteiger partial charge in [-0.1, -0.05) is 40.7 Å². The molecule has 1 amide bonds. The van der Waals surface area contributed by atoms with Crippen molar-refractivity contribution in [2.45, 2.75) is 0 Å². The Morgan fingerprint density at radius 3 is 2.72 bits per heavy atom. The van der Waals surface area contributed by atoms with Gasteiger partial charge in [0.15, 0.2) is 0 Å². The van der Waals surface area contributed by atoms with Crippen LogP contribution in [0.15, 0.2) is 59.6 Å². The van der Waals surface area contributed by atoms with Crippen molar-refractivity contribution < 1.29 is 19.0 Å². The van der Waals surface area contributed by atoms with Crippen LogP contribution in [-0.2, 0) is 4.74 Å². The zero-order chi connectivity index (χ0) is 18.1. The van der Waals surface area contributed by atoms with E-state index in [4.69, 9.17) is 14.2 Å².